The molecule has 112 valence electrons. The van der Waals surface area contributed by atoms with Gasteiger partial charge in [0.15, 0.2) is 0 Å². The number of hydrogen-bond donors (Lipinski definition) is 1. The van der Waals surface area contributed by atoms with Gasteiger partial charge in [-0.3, -0.25) is 4.98 Å². The molecular formula is C17H21NO3. The lowest BCUT2D eigenvalue weighted by Gasteiger charge is -2.16. The minimum atomic E-state index is -0.564. The van der Waals surface area contributed by atoms with Crippen molar-refractivity contribution < 1.29 is 14.6 Å². The molecule has 0 bridgehead atoms. The van der Waals surface area contributed by atoms with E-state index in [1.165, 1.54) is 0 Å². The molecule has 0 radical (unpaired) electrons. The molecule has 1 atom stereocenters. The standard InChI is InChI=1S/C17H21NO3/c1-20-12-13-21-17-8-3-2-7-15(17)16(19)10-9-14-6-4-5-11-18-14/h2-8,11,16,19H,9-10,12-13H2,1H3. The maximum Gasteiger partial charge on any atom is 0.125 e. The van der Waals surface area contributed by atoms with Gasteiger partial charge in [-0.1, -0.05) is 24.3 Å². The Morgan fingerprint density at radius 1 is 1.10 bits per heavy atom. The molecule has 0 aliphatic rings. The van der Waals surface area contributed by atoms with Crippen molar-refractivity contribution in [2.45, 2.75) is 18.9 Å². The van der Waals surface area contributed by atoms with Crippen molar-refractivity contribution in [1.82, 2.24) is 4.98 Å². The lowest BCUT2D eigenvalue weighted by atomic mass is 10.0. The Morgan fingerprint density at radius 2 is 1.90 bits per heavy atom. The number of aliphatic hydroxyl groups is 1. The molecule has 0 amide bonds. The van der Waals surface area contributed by atoms with E-state index in [-0.39, 0.29) is 0 Å². The Bertz CT molecular complexity index is 531. The quantitative estimate of drug-likeness (QED) is 0.759. The smallest absolute Gasteiger partial charge is 0.125 e. The third-order valence-corrected chi connectivity index (χ3v) is 3.22. The zero-order valence-electron chi connectivity index (χ0n) is 12.2. The van der Waals surface area contributed by atoms with Crippen molar-refractivity contribution in [1.29, 1.82) is 0 Å². The van der Waals surface area contributed by atoms with Gasteiger partial charge in [-0.25, -0.2) is 0 Å². The molecule has 21 heavy (non-hydrogen) atoms. The van der Waals surface area contributed by atoms with Crippen LogP contribution in [0.1, 0.15) is 23.8 Å². The summed E-state index contributed by atoms with van der Waals surface area (Å²) in [6.45, 7) is 0.999. The number of ether oxygens (including phenoxy) is 2. The van der Waals surface area contributed by atoms with Gasteiger partial charge in [0, 0.05) is 24.6 Å². The average molecular weight is 287 g/mol. The summed E-state index contributed by atoms with van der Waals surface area (Å²) in [7, 11) is 1.64. The van der Waals surface area contributed by atoms with Crippen LogP contribution >= 0.6 is 0 Å². The Labute approximate surface area is 125 Å². The first-order chi connectivity index (χ1) is 10.3. The summed E-state index contributed by atoms with van der Waals surface area (Å²) < 4.78 is 10.6. The highest BCUT2D eigenvalue weighted by atomic mass is 16.5. The molecule has 0 spiro atoms. The zero-order valence-corrected chi connectivity index (χ0v) is 12.2. The number of aromatic nitrogens is 1. The molecule has 0 fully saturated rings. The van der Waals surface area contributed by atoms with E-state index >= 15 is 0 Å². The van der Waals surface area contributed by atoms with Gasteiger partial charge in [-0.15, -0.1) is 0 Å². The summed E-state index contributed by atoms with van der Waals surface area (Å²) >= 11 is 0. The van der Waals surface area contributed by atoms with E-state index in [2.05, 4.69) is 4.98 Å². The molecular weight excluding hydrogens is 266 g/mol. The minimum absolute atomic E-state index is 0.473. The maximum absolute atomic E-state index is 10.4. The fourth-order valence-electron chi connectivity index (χ4n) is 2.11. The van der Waals surface area contributed by atoms with E-state index in [1.54, 1.807) is 13.3 Å². The van der Waals surface area contributed by atoms with Crippen LogP contribution in [0.2, 0.25) is 0 Å². The van der Waals surface area contributed by atoms with Gasteiger partial charge < -0.3 is 14.6 Å². The fourth-order valence-corrected chi connectivity index (χ4v) is 2.11. The molecule has 1 heterocycles. The Morgan fingerprint density at radius 3 is 2.67 bits per heavy atom. The molecule has 4 heteroatoms. The number of benzene rings is 1. The summed E-state index contributed by atoms with van der Waals surface area (Å²) in [5.41, 5.74) is 1.79. The van der Waals surface area contributed by atoms with E-state index in [4.69, 9.17) is 9.47 Å². The summed E-state index contributed by atoms with van der Waals surface area (Å²) in [4.78, 5) is 4.27. The van der Waals surface area contributed by atoms with Crippen LogP contribution in [0.25, 0.3) is 0 Å². The fraction of sp³-hybridized carbons (Fsp3) is 0.353. The number of para-hydroxylation sites is 1. The van der Waals surface area contributed by atoms with Crippen molar-refractivity contribution >= 4 is 0 Å². The molecule has 0 aliphatic heterocycles. The SMILES string of the molecule is COCCOc1ccccc1C(O)CCc1ccccn1. The molecule has 1 aromatic heterocycles. The van der Waals surface area contributed by atoms with Crippen molar-refractivity contribution in [2.24, 2.45) is 0 Å². The number of methoxy groups -OCH3 is 1. The van der Waals surface area contributed by atoms with Gasteiger partial charge >= 0.3 is 0 Å². The van der Waals surface area contributed by atoms with Crippen molar-refractivity contribution in [3.63, 3.8) is 0 Å². The van der Waals surface area contributed by atoms with Crippen LogP contribution in [0, 0.1) is 0 Å². The number of nitrogens with zero attached hydrogens (tertiary/aromatic N) is 1. The first-order valence-corrected chi connectivity index (χ1v) is 7.10. The van der Waals surface area contributed by atoms with E-state index in [0.717, 1.165) is 17.7 Å². The first-order valence-electron chi connectivity index (χ1n) is 7.10. The molecule has 1 aromatic carbocycles. The predicted molar refractivity (Wildman–Crippen MR) is 81.3 cm³/mol. The molecule has 4 nitrogen and oxygen atoms in total. The Hall–Kier alpha value is -1.91. The van der Waals surface area contributed by atoms with Crippen LogP contribution in [-0.2, 0) is 11.2 Å². The summed E-state index contributed by atoms with van der Waals surface area (Å²) in [5, 5.41) is 10.4. The molecule has 2 aromatic rings. The van der Waals surface area contributed by atoms with E-state index in [0.29, 0.717) is 25.4 Å². The minimum Gasteiger partial charge on any atom is -0.491 e. The molecule has 1 unspecified atom stereocenters. The first kappa shape index (κ1) is 15.5. The average Bonchev–Trinajstić information content (AvgIpc) is 2.54. The number of aliphatic hydroxyl groups excluding tert-OH is 1. The second kappa shape index (κ2) is 8.39. The molecule has 0 saturated carbocycles. The number of hydrogen-bond acceptors (Lipinski definition) is 4. The highest BCUT2D eigenvalue weighted by Crippen LogP contribution is 2.27. The van der Waals surface area contributed by atoms with Gasteiger partial charge in [0.25, 0.3) is 0 Å². The van der Waals surface area contributed by atoms with Crippen LogP contribution < -0.4 is 4.74 Å². The molecule has 2 rings (SSSR count). The van der Waals surface area contributed by atoms with Crippen molar-refractivity contribution in [3.05, 3.63) is 59.9 Å². The molecule has 1 N–H and O–H groups in total. The van der Waals surface area contributed by atoms with Crippen molar-refractivity contribution in [3.8, 4) is 5.75 Å². The lowest BCUT2D eigenvalue weighted by molar-refractivity contribution is 0.136. The van der Waals surface area contributed by atoms with E-state index < -0.39 is 6.10 Å². The second-order valence-corrected chi connectivity index (χ2v) is 4.75. The monoisotopic (exact) mass is 287 g/mol. The van der Waals surface area contributed by atoms with E-state index in [1.807, 2.05) is 42.5 Å². The third-order valence-electron chi connectivity index (χ3n) is 3.22. The van der Waals surface area contributed by atoms with Gasteiger partial charge in [0.2, 0.25) is 0 Å². The summed E-state index contributed by atoms with van der Waals surface area (Å²) in [6, 6.07) is 13.4. The van der Waals surface area contributed by atoms with Crippen LogP contribution in [0.3, 0.4) is 0 Å². The largest absolute Gasteiger partial charge is 0.491 e. The van der Waals surface area contributed by atoms with E-state index in [9.17, 15) is 5.11 Å². The van der Waals surface area contributed by atoms with Crippen molar-refractivity contribution in [2.75, 3.05) is 20.3 Å². The summed E-state index contributed by atoms with van der Waals surface area (Å²) in [6.07, 6.45) is 2.55. The van der Waals surface area contributed by atoms with Crippen LogP contribution in [0.4, 0.5) is 0 Å². The summed E-state index contributed by atoms with van der Waals surface area (Å²) in [5.74, 6) is 0.711. The normalized spacial score (nSPS) is 12.1. The third kappa shape index (κ3) is 4.85. The number of pyridine rings is 1. The van der Waals surface area contributed by atoms with Gasteiger partial charge in [-0.2, -0.15) is 0 Å². The van der Waals surface area contributed by atoms with Crippen LogP contribution in [0.15, 0.2) is 48.7 Å². The van der Waals surface area contributed by atoms with Crippen LogP contribution in [0.5, 0.6) is 5.75 Å². The second-order valence-electron chi connectivity index (χ2n) is 4.75. The topological polar surface area (TPSA) is 51.6 Å². The van der Waals surface area contributed by atoms with Gasteiger partial charge in [0.1, 0.15) is 12.4 Å². The highest BCUT2D eigenvalue weighted by Gasteiger charge is 2.13. The number of rotatable bonds is 8. The van der Waals surface area contributed by atoms with Gasteiger partial charge in [0.05, 0.1) is 12.7 Å². The molecule has 0 saturated heterocycles. The Balaban J connectivity index is 1.96. The highest BCUT2D eigenvalue weighted by molar-refractivity contribution is 5.35. The lowest BCUT2D eigenvalue weighted by Crippen LogP contribution is -2.08. The zero-order chi connectivity index (χ0) is 14.9. The Kier molecular flexibility index (Phi) is 6.19. The number of aryl methyl sites for hydroxylation is 1. The van der Waals surface area contributed by atoms with Crippen LogP contribution in [-0.4, -0.2) is 30.4 Å². The van der Waals surface area contributed by atoms with Gasteiger partial charge in [-0.05, 0) is 31.0 Å². The maximum atomic E-state index is 10.4. The predicted octanol–water partition coefficient (Wildman–Crippen LogP) is 2.77. The molecule has 0 aliphatic carbocycles.